The van der Waals surface area contributed by atoms with Gasteiger partial charge in [-0.1, -0.05) is 62.9 Å². The molecule has 0 unspecified atom stereocenters. The molecule has 0 aliphatic rings. The molecule has 2 heterocycles. The molecular weight excluding hydrogens is 468 g/mol. The Morgan fingerprint density at radius 2 is 1.80 bits per heavy atom. The summed E-state index contributed by atoms with van der Waals surface area (Å²) in [5.74, 6) is 0.145. The average Bonchev–Trinajstić information content (AvgIpc) is 2.83. The van der Waals surface area contributed by atoms with Gasteiger partial charge in [0.15, 0.2) is 5.65 Å². The molecule has 2 N–H and O–H groups in total. The summed E-state index contributed by atoms with van der Waals surface area (Å²) in [5, 5.41) is 4.27. The summed E-state index contributed by atoms with van der Waals surface area (Å²) in [7, 11) is 2.83. The van der Waals surface area contributed by atoms with Crippen molar-refractivity contribution in [2.45, 2.75) is 50.4 Å². The van der Waals surface area contributed by atoms with E-state index in [0.717, 1.165) is 16.3 Å². The number of fused-ring (bicyclic) bond motifs is 1. The molecule has 186 valence electrons. The monoisotopic (exact) mass is 498 g/mol. The fourth-order valence-electron chi connectivity index (χ4n) is 3.60. The van der Waals surface area contributed by atoms with Crippen LogP contribution in [0.5, 0.6) is 0 Å². The van der Waals surface area contributed by atoms with Crippen LogP contribution in [0.1, 0.15) is 43.8 Å². The van der Waals surface area contributed by atoms with Crippen molar-refractivity contribution in [3.05, 3.63) is 62.6 Å². The number of rotatable bonds is 8. The van der Waals surface area contributed by atoms with Crippen molar-refractivity contribution in [2.75, 3.05) is 7.05 Å². The predicted molar refractivity (Wildman–Crippen MR) is 136 cm³/mol. The Morgan fingerprint density at radius 1 is 1.11 bits per heavy atom. The van der Waals surface area contributed by atoms with Crippen LogP contribution in [-0.4, -0.2) is 38.1 Å². The lowest BCUT2D eigenvalue weighted by molar-refractivity contribution is -0.119. The second kappa shape index (κ2) is 11.3. The van der Waals surface area contributed by atoms with E-state index in [1.807, 2.05) is 26.8 Å². The first-order chi connectivity index (χ1) is 16.7. The summed E-state index contributed by atoms with van der Waals surface area (Å²) in [5.41, 5.74) is -0.0951. The highest BCUT2D eigenvalue weighted by atomic mass is 32.2. The molecule has 0 saturated heterocycles. The first-order valence-corrected chi connectivity index (χ1v) is 12.3. The van der Waals surface area contributed by atoms with E-state index in [0.29, 0.717) is 30.8 Å². The Bertz CT molecular complexity index is 1350. The van der Waals surface area contributed by atoms with Crippen LogP contribution in [0.25, 0.3) is 11.0 Å². The molecular formula is C24H30N6O4S. The number of benzene rings is 1. The van der Waals surface area contributed by atoms with Gasteiger partial charge in [0.05, 0.1) is 0 Å². The summed E-state index contributed by atoms with van der Waals surface area (Å²) in [6.45, 7) is 6.36. The molecule has 3 aromatic rings. The lowest BCUT2D eigenvalue weighted by atomic mass is 10.1. The molecule has 1 aromatic carbocycles. The zero-order valence-electron chi connectivity index (χ0n) is 20.5. The van der Waals surface area contributed by atoms with Crippen LogP contribution in [0.2, 0.25) is 0 Å². The number of aromatic nitrogens is 4. The van der Waals surface area contributed by atoms with Crippen molar-refractivity contribution in [3.63, 3.8) is 0 Å². The van der Waals surface area contributed by atoms with Gasteiger partial charge in [-0.25, -0.2) is 19.6 Å². The van der Waals surface area contributed by atoms with Crippen LogP contribution >= 0.6 is 11.8 Å². The number of carbonyl (C=O) groups excluding carboxylic acids is 2. The topological polar surface area (TPSA) is 128 Å². The van der Waals surface area contributed by atoms with Gasteiger partial charge in [0.2, 0.25) is 5.91 Å². The number of urea groups is 1. The Hall–Kier alpha value is -3.47. The summed E-state index contributed by atoms with van der Waals surface area (Å²) >= 11 is 1.06. The highest BCUT2D eigenvalue weighted by molar-refractivity contribution is 8.00. The first-order valence-electron chi connectivity index (χ1n) is 11.4. The smallest absolute Gasteiger partial charge is 0.332 e. The highest BCUT2D eigenvalue weighted by Gasteiger charge is 2.27. The predicted octanol–water partition coefficient (Wildman–Crippen LogP) is 2.39. The summed E-state index contributed by atoms with van der Waals surface area (Å²) in [6, 6.07) is 8.29. The zero-order valence-corrected chi connectivity index (χ0v) is 21.3. The standard InChI is InChI=1S/C24H30N6O4S/c1-6-12-30-19-17(22(32)29(5)24(30)34)21(27-16(26-19)13-14(2)3)35-18(15-10-8-7-9-11-15)20(31)28-23(33)25-4/h7-11,14,18H,6,12-13H2,1-5H3,(H2,25,28,31,33)/t18-/m1/s1. The third-order valence-electron chi connectivity index (χ3n) is 5.27. The molecule has 0 aliphatic heterocycles. The number of nitrogens with one attached hydrogen (secondary N) is 2. The fraction of sp³-hybridized carbons (Fsp3) is 0.417. The quantitative estimate of drug-likeness (QED) is 0.360. The van der Waals surface area contributed by atoms with Gasteiger partial charge < -0.3 is 5.32 Å². The van der Waals surface area contributed by atoms with Gasteiger partial charge in [-0.2, -0.15) is 0 Å². The normalized spacial score (nSPS) is 12.1. The number of aryl methyl sites for hydroxylation is 1. The van der Waals surface area contributed by atoms with Crippen molar-refractivity contribution in [2.24, 2.45) is 13.0 Å². The van der Waals surface area contributed by atoms with E-state index >= 15 is 0 Å². The average molecular weight is 499 g/mol. The van der Waals surface area contributed by atoms with E-state index in [1.54, 1.807) is 24.3 Å². The molecule has 10 nitrogen and oxygen atoms in total. The maximum Gasteiger partial charge on any atom is 0.332 e. The van der Waals surface area contributed by atoms with Crippen LogP contribution in [0.15, 0.2) is 44.9 Å². The molecule has 0 spiro atoms. The Balaban J connectivity index is 2.28. The van der Waals surface area contributed by atoms with E-state index in [2.05, 4.69) is 20.6 Å². The Morgan fingerprint density at radius 3 is 2.40 bits per heavy atom. The second-order valence-electron chi connectivity index (χ2n) is 8.52. The van der Waals surface area contributed by atoms with E-state index in [4.69, 9.17) is 0 Å². The second-order valence-corrected chi connectivity index (χ2v) is 9.61. The lowest BCUT2D eigenvalue weighted by Crippen LogP contribution is -2.40. The first kappa shape index (κ1) is 26.1. The Labute approximate surface area is 207 Å². The van der Waals surface area contributed by atoms with E-state index in [1.165, 1.54) is 18.7 Å². The molecule has 0 bridgehead atoms. The van der Waals surface area contributed by atoms with Gasteiger partial charge in [0, 0.05) is 27.1 Å². The van der Waals surface area contributed by atoms with E-state index in [-0.39, 0.29) is 22.0 Å². The summed E-state index contributed by atoms with van der Waals surface area (Å²) in [6.07, 6.45) is 1.19. The lowest BCUT2D eigenvalue weighted by Gasteiger charge is -2.19. The molecule has 2 aromatic heterocycles. The fourth-order valence-corrected chi connectivity index (χ4v) is 4.74. The van der Waals surface area contributed by atoms with Gasteiger partial charge in [0.25, 0.3) is 5.56 Å². The largest absolute Gasteiger partial charge is 0.341 e. The van der Waals surface area contributed by atoms with Crippen molar-refractivity contribution < 1.29 is 9.59 Å². The molecule has 3 amide bonds. The molecule has 0 saturated carbocycles. The zero-order chi connectivity index (χ0) is 25.7. The minimum atomic E-state index is -0.880. The van der Waals surface area contributed by atoms with Crippen LogP contribution in [0.4, 0.5) is 4.79 Å². The van der Waals surface area contributed by atoms with Crippen LogP contribution in [0, 0.1) is 5.92 Å². The highest BCUT2D eigenvalue weighted by Crippen LogP contribution is 2.37. The van der Waals surface area contributed by atoms with Gasteiger partial charge >= 0.3 is 11.7 Å². The van der Waals surface area contributed by atoms with Crippen molar-refractivity contribution in [1.29, 1.82) is 0 Å². The summed E-state index contributed by atoms with van der Waals surface area (Å²) < 4.78 is 2.52. The summed E-state index contributed by atoms with van der Waals surface area (Å²) in [4.78, 5) is 60.4. The molecule has 0 fully saturated rings. The number of hydrogen-bond donors (Lipinski definition) is 2. The number of nitrogens with zero attached hydrogens (tertiary/aromatic N) is 4. The van der Waals surface area contributed by atoms with Crippen molar-refractivity contribution >= 4 is 34.7 Å². The third kappa shape index (κ3) is 5.79. The molecule has 3 rings (SSSR count). The van der Waals surface area contributed by atoms with Gasteiger partial charge in [-0.15, -0.1) is 0 Å². The number of hydrogen-bond acceptors (Lipinski definition) is 7. The maximum atomic E-state index is 13.3. The van der Waals surface area contributed by atoms with Gasteiger partial charge in [0.1, 0.15) is 21.5 Å². The van der Waals surface area contributed by atoms with Crippen LogP contribution in [0.3, 0.4) is 0 Å². The SMILES string of the molecule is CCCn1c(=O)n(C)c(=O)c2c(S[C@@H](C(=O)NC(=O)NC)c3ccccc3)nc(CC(C)C)nc21. The molecule has 0 radical (unpaired) electrons. The molecule has 0 aliphatic carbocycles. The molecule has 35 heavy (non-hydrogen) atoms. The van der Waals surface area contributed by atoms with Crippen molar-refractivity contribution in [3.8, 4) is 0 Å². The maximum absolute atomic E-state index is 13.3. The van der Waals surface area contributed by atoms with Crippen molar-refractivity contribution in [1.82, 2.24) is 29.7 Å². The number of carbonyl (C=O) groups is 2. The van der Waals surface area contributed by atoms with Gasteiger partial charge in [-0.3, -0.25) is 24.0 Å². The third-order valence-corrected chi connectivity index (χ3v) is 6.51. The van der Waals surface area contributed by atoms with E-state index < -0.39 is 28.4 Å². The van der Waals surface area contributed by atoms with Crippen LogP contribution < -0.4 is 21.9 Å². The number of thioether (sulfide) groups is 1. The van der Waals surface area contributed by atoms with Crippen LogP contribution in [-0.2, 0) is 24.8 Å². The van der Waals surface area contributed by atoms with E-state index in [9.17, 15) is 19.2 Å². The van der Waals surface area contributed by atoms with Gasteiger partial charge in [-0.05, 0) is 17.9 Å². The molecule has 11 heteroatoms. The minimum absolute atomic E-state index is 0.173. The number of imide groups is 1. The minimum Gasteiger partial charge on any atom is -0.341 e. The number of amides is 3. The Kier molecular flexibility index (Phi) is 8.44. The molecule has 1 atom stereocenters.